The van der Waals surface area contributed by atoms with Crippen molar-refractivity contribution in [3.63, 3.8) is 0 Å². The van der Waals surface area contributed by atoms with E-state index in [0.717, 1.165) is 0 Å². The number of carbonyl (C=O) groups is 1. The van der Waals surface area contributed by atoms with Gasteiger partial charge >= 0.3 is 5.97 Å². The summed E-state index contributed by atoms with van der Waals surface area (Å²) in [6.45, 7) is 0. The van der Waals surface area contributed by atoms with Crippen molar-refractivity contribution in [3.8, 4) is 0 Å². The maximum atomic E-state index is 12.5. The second-order valence-corrected chi connectivity index (χ2v) is 1.90. The number of hydrogen-bond acceptors (Lipinski definition) is 2. The second kappa shape index (κ2) is 2.80. The highest BCUT2D eigenvalue weighted by molar-refractivity contribution is 5.87. The Morgan fingerprint density at radius 3 is 2.42 bits per heavy atom. The summed E-state index contributed by atoms with van der Waals surface area (Å²) in [6, 6.07) is 0.201. The number of aromatic nitrogens is 1. The van der Waals surface area contributed by atoms with E-state index in [0.29, 0.717) is 0 Å². The Balaban J connectivity index is 3.38. The van der Waals surface area contributed by atoms with Crippen molar-refractivity contribution in [3.05, 3.63) is 29.3 Å². The molecule has 0 aromatic carbocycles. The molecule has 1 heterocycles. The van der Waals surface area contributed by atoms with Gasteiger partial charge in [0, 0.05) is 6.07 Å². The molecule has 0 atom stereocenters. The fraction of sp³-hybridized carbons (Fsp3) is 0. The normalized spacial score (nSPS) is 9.92. The number of carboxylic acid groups (broad SMARTS) is 1. The quantitative estimate of drug-likeness (QED) is 0.655. The van der Waals surface area contributed by atoms with Gasteiger partial charge in [0.25, 0.3) is 0 Å². The van der Waals surface area contributed by atoms with Gasteiger partial charge in [0.05, 0.1) is 0 Å². The summed E-state index contributed by atoms with van der Waals surface area (Å²) in [4.78, 5) is 12.6. The van der Waals surface area contributed by atoms with E-state index in [1.165, 1.54) is 0 Å². The first-order chi connectivity index (χ1) is 5.52. The van der Waals surface area contributed by atoms with Crippen LogP contribution in [-0.2, 0) is 0 Å². The van der Waals surface area contributed by atoms with Crippen molar-refractivity contribution < 1.29 is 23.1 Å². The molecule has 0 spiro atoms. The first-order valence-electron chi connectivity index (χ1n) is 2.77. The minimum atomic E-state index is -1.82. The van der Waals surface area contributed by atoms with Crippen LogP contribution in [0.2, 0.25) is 0 Å². The lowest BCUT2D eigenvalue weighted by Gasteiger charge is -1.97. The Morgan fingerprint density at radius 2 is 2.00 bits per heavy atom. The van der Waals surface area contributed by atoms with Crippen molar-refractivity contribution in [2.75, 3.05) is 0 Å². The molecule has 0 fully saturated rings. The summed E-state index contributed by atoms with van der Waals surface area (Å²) >= 11 is 0. The van der Waals surface area contributed by atoms with Crippen molar-refractivity contribution in [2.45, 2.75) is 0 Å². The minimum absolute atomic E-state index is 0.201. The maximum absolute atomic E-state index is 12.5. The first-order valence-corrected chi connectivity index (χ1v) is 2.77. The second-order valence-electron chi connectivity index (χ2n) is 1.90. The highest BCUT2D eigenvalue weighted by atomic mass is 19.1. The Bertz CT molecular complexity index is 317. The van der Waals surface area contributed by atoms with Gasteiger partial charge in [-0.15, -0.1) is 0 Å². The van der Waals surface area contributed by atoms with E-state index in [9.17, 15) is 18.0 Å². The van der Waals surface area contributed by atoms with Gasteiger partial charge in [-0.25, -0.2) is 9.18 Å². The molecule has 1 aromatic heterocycles. The van der Waals surface area contributed by atoms with Crippen LogP contribution < -0.4 is 0 Å². The largest absolute Gasteiger partial charge is 0.477 e. The number of carboxylic acids is 1. The van der Waals surface area contributed by atoms with Crippen LogP contribution in [0.1, 0.15) is 10.4 Å². The fourth-order valence-electron chi connectivity index (χ4n) is 0.648. The molecule has 0 unspecified atom stereocenters. The maximum Gasteiger partial charge on any atom is 0.343 e. The fourth-order valence-corrected chi connectivity index (χ4v) is 0.648. The molecule has 0 saturated heterocycles. The van der Waals surface area contributed by atoms with Gasteiger partial charge in [0.2, 0.25) is 11.9 Å². The van der Waals surface area contributed by atoms with E-state index in [1.807, 2.05) is 0 Å². The Kier molecular flexibility index (Phi) is 1.99. The molecule has 6 heteroatoms. The molecular formula is C6H2F3NO2. The average molecular weight is 177 g/mol. The predicted molar refractivity (Wildman–Crippen MR) is 31.1 cm³/mol. The van der Waals surface area contributed by atoms with Gasteiger partial charge in [0.15, 0.2) is 5.56 Å². The Hall–Kier alpha value is -1.59. The van der Waals surface area contributed by atoms with Crippen LogP contribution in [0, 0.1) is 17.7 Å². The van der Waals surface area contributed by atoms with Crippen LogP contribution in [-0.4, -0.2) is 16.1 Å². The summed E-state index contributed by atoms with van der Waals surface area (Å²) in [7, 11) is 0. The number of halogens is 3. The van der Waals surface area contributed by atoms with Crippen LogP contribution in [0.5, 0.6) is 0 Å². The Morgan fingerprint density at radius 1 is 1.42 bits per heavy atom. The molecule has 1 N–H and O–H groups in total. The molecule has 3 nitrogen and oxygen atoms in total. The third kappa shape index (κ3) is 1.36. The molecule has 0 aliphatic rings. The standard InChI is InChI=1S/C6H2F3NO2/c7-2-1-3(8)10-5(9)4(2)6(11)12/h1H,(H,11,12). The van der Waals surface area contributed by atoms with E-state index in [4.69, 9.17) is 5.11 Å². The summed E-state index contributed by atoms with van der Waals surface area (Å²) in [5, 5.41) is 8.19. The van der Waals surface area contributed by atoms with Gasteiger partial charge in [0.1, 0.15) is 5.82 Å². The summed E-state index contributed by atoms with van der Waals surface area (Å²) in [6.07, 6.45) is 0. The molecular weight excluding hydrogens is 175 g/mol. The SMILES string of the molecule is O=C(O)c1c(F)cc(F)nc1F. The highest BCUT2D eigenvalue weighted by Gasteiger charge is 2.18. The van der Waals surface area contributed by atoms with Gasteiger partial charge < -0.3 is 5.11 Å². The Labute approximate surface area is 64.5 Å². The average Bonchev–Trinajstić information content (AvgIpc) is 1.82. The van der Waals surface area contributed by atoms with E-state index >= 15 is 0 Å². The monoisotopic (exact) mass is 177 g/mol. The molecule has 0 saturated carbocycles. The molecule has 64 valence electrons. The molecule has 0 aliphatic heterocycles. The highest BCUT2D eigenvalue weighted by Crippen LogP contribution is 2.10. The van der Waals surface area contributed by atoms with E-state index in [1.54, 1.807) is 0 Å². The zero-order chi connectivity index (χ0) is 9.30. The van der Waals surface area contributed by atoms with E-state index < -0.39 is 29.2 Å². The predicted octanol–water partition coefficient (Wildman–Crippen LogP) is 1.20. The molecule has 1 aromatic rings. The van der Waals surface area contributed by atoms with Gasteiger partial charge in [-0.3, -0.25) is 0 Å². The van der Waals surface area contributed by atoms with Crippen LogP contribution in [0.4, 0.5) is 13.2 Å². The number of aromatic carboxylic acids is 1. The summed E-state index contributed by atoms with van der Waals surface area (Å²) < 4.78 is 36.9. The number of rotatable bonds is 1. The molecule has 0 bridgehead atoms. The zero-order valence-corrected chi connectivity index (χ0v) is 5.51. The summed E-state index contributed by atoms with van der Waals surface area (Å²) in [5.41, 5.74) is -1.25. The van der Waals surface area contributed by atoms with E-state index in [-0.39, 0.29) is 6.07 Å². The summed E-state index contributed by atoms with van der Waals surface area (Å²) in [5.74, 6) is -6.36. The number of pyridine rings is 1. The van der Waals surface area contributed by atoms with Crippen molar-refractivity contribution >= 4 is 5.97 Å². The minimum Gasteiger partial charge on any atom is -0.477 e. The first kappa shape index (κ1) is 8.51. The molecule has 0 aliphatic carbocycles. The third-order valence-electron chi connectivity index (χ3n) is 1.11. The van der Waals surface area contributed by atoms with Crippen molar-refractivity contribution in [2.24, 2.45) is 0 Å². The van der Waals surface area contributed by atoms with Crippen LogP contribution >= 0.6 is 0 Å². The van der Waals surface area contributed by atoms with Crippen molar-refractivity contribution in [1.29, 1.82) is 0 Å². The van der Waals surface area contributed by atoms with Gasteiger partial charge in [-0.1, -0.05) is 0 Å². The third-order valence-corrected chi connectivity index (χ3v) is 1.11. The van der Waals surface area contributed by atoms with Crippen LogP contribution in [0.15, 0.2) is 6.07 Å². The molecule has 1 rings (SSSR count). The smallest absolute Gasteiger partial charge is 0.343 e. The molecule has 0 amide bonds. The lowest BCUT2D eigenvalue weighted by molar-refractivity contribution is 0.0684. The number of hydrogen-bond donors (Lipinski definition) is 1. The zero-order valence-electron chi connectivity index (χ0n) is 5.51. The van der Waals surface area contributed by atoms with E-state index in [2.05, 4.69) is 4.98 Å². The molecule has 0 radical (unpaired) electrons. The topological polar surface area (TPSA) is 50.2 Å². The van der Waals surface area contributed by atoms with Crippen LogP contribution in [0.25, 0.3) is 0 Å². The van der Waals surface area contributed by atoms with Crippen LogP contribution in [0.3, 0.4) is 0 Å². The lowest BCUT2D eigenvalue weighted by atomic mass is 10.2. The van der Waals surface area contributed by atoms with Crippen molar-refractivity contribution in [1.82, 2.24) is 4.98 Å². The van der Waals surface area contributed by atoms with Gasteiger partial charge in [-0.2, -0.15) is 13.8 Å². The number of nitrogens with zero attached hydrogens (tertiary/aromatic N) is 1. The molecule has 12 heavy (non-hydrogen) atoms. The lowest BCUT2D eigenvalue weighted by Crippen LogP contribution is -2.07. The van der Waals surface area contributed by atoms with Gasteiger partial charge in [-0.05, 0) is 0 Å².